The van der Waals surface area contributed by atoms with Crippen molar-refractivity contribution in [3.05, 3.63) is 33.9 Å². The van der Waals surface area contributed by atoms with Gasteiger partial charge in [-0.25, -0.2) is 0 Å². The van der Waals surface area contributed by atoms with Gasteiger partial charge in [-0.1, -0.05) is 0 Å². The van der Waals surface area contributed by atoms with Gasteiger partial charge in [0.15, 0.2) is 0 Å². The average Bonchev–Trinajstić information content (AvgIpc) is 2.48. The Hall–Kier alpha value is -2.15. The Morgan fingerprint density at radius 1 is 1.32 bits per heavy atom. The molecule has 1 aromatic rings. The maximum Gasteiger partial charge on any atom is 0.292 e. The summed E-state index contributed by atoms with van der Waals surface area (Å²) in [6.45, 7) is 1.36. The number of hydrogen-bond donors (Lipinski definition) is 3. The summed E-state index contributed by atoms with van der Waals surface area (Å²) in [4.78, 5) is 21.7. The minimum absolute atomic E-state index is 0.0150. The van der Waals surface area contributed by atoms with E-state index >= 15 is 0 Å². The molecule has 0 bridgehead atoms. The predicted octanol–water partition coefficient (Wildman–Crippen LogP) is 1.95. The maximum absolute atomic E-state index is 11.1. The number of nitrogens with zero attached hydrogens (tertiary/aromatic N) is 1. The topological polar surface area (TPSA) is 104 Å². The van der Waals surface area contributed by atoms with Gasteiger partial charge in [0, 0.05) is 25.1 Å². The van der Waals surface area contributed by atoms with E-state index in [-0.39, 0.29) is 30.3 Å². The number of nitrogens with one attached hydrogen (secondary N) is 2. The van der Waals surface area contributed by atoms with Crippen molar-refractivity contribution in [3.63, 3.8) is 0 Å². The van der Waals surface area contributed by atoms with E-state index in [9.17, 15) is 20.0 Å². The monoisotopic (exact) mass is 307 g/mol. The molecule has 3 N–H and O–H groups in total. The molecule has 0 aromatic heterocycles. The summed E-state index contributed by atoms with van der Waals surface area (Å²) < 4.78 is 0. The Labute approximate surface area is 128 Å². The van der Waals surface area contributed by atoms with Gasteiger partial charge in [0.1, 0.15) is 5.69 Å². The van der Waals surface area contributed by atoms with Crippen LogP contribution in [0.4, 0.5) is 11.4 Å². The zero-order chi connectivity index (χ0) is 16.1. The summed E-state index contributed by atoms with van der Waals surface area (Å²) in [5.41, 5.74) is 1.10. The Morgan fingerprint density at radius 3 is 2.50 bits per heavy atom. The second-order valence-corrected chi connectivity index (χ2v) is 5.66. The molecule has 0 saturated heterocycles. The van der Waals surface area contributed by atoms with Gasteiger partial charge in [0.2, 0.25) is 5.91 Å². The van der Waals surface area contributed by atoms with E-state index in [1.54, 1.807) is 12.1 Å². The molecule has 1 aromatic carbocycles. The molecular weight excluding hydrogens is 286 g/mol. The molecule has 7 heteroatoms. The summed E-state index contributed by atoms with van der Waals surface area (Å²) >= 11 is 0. The quantitative estimate of drug-likeness (QED) is 0.569. The van der Waals surface area contributed by atoms with Crippen LogP contribution >= 0.6 is 0 Å². The fraction of sp³-hybridized carbons (Fsp3) is 0.533. The minimum Gasteiger partial charge on any atom is -0.392 e. The lowest BCUT2D eigenvalue weighted by Crippen LogP contribution is -2.39. The molecule has 22 heavy (non-hydrogen) atoms. The van der Waals surface area contributed by atoms with Gasteiger partial charge in [-0.2, -0.15) is 0 Å². The lowest BCUT2D eigenvalue weighted by atomic mass is 9.91. The van der Waals surface area contributed by atoms with Crippen molar-refractivity contribution >= 4 is 17.3 Å². The van der Waals surface area contributed by atoms with E-state index in [0.29, 0.717) is 11.3 Å². The molecule has 0 radical (unpaired) electrons. The SMILES string of the molecule is CC(=O)N[C@H]1CC[C@H](Nc2cc(CO)ccc2[N+](=O)[O-])CC1. The molecule has 0 aliphatic heterocycles. The Balaban J connectivity index is 2.02. The molecule has 0 spiro atoms. The van der Waals surface area contributed by atoms with Crippen molar-refractivity contribution in [3.8, 4) is 0 Å². The van der Waals surface area contributed by atoms with Crippen LogP contribution in [-0.2, 0) is 11.4 Å². The van der Waals surface area contributed by atoms with Crippen molar-refractivity contribution < 1.29 is 14.8 Å². The van der Waals surface area contributed by atoms with E-state index in [4.69, 9.17) is 0 Å². The lowest BCUT2D eigenvalue weighted by molar-refractivity contribution is -0.384. The number of benzene rings is 1. The number of nitro benzene ring substituents is 1. The standard InChI is InChI=1S/C15H21N3O4/c1-10(20)16-12-3-5-13(6-4-12)17-14-8-11(9-19)2-7-15(14)18(21)22/h2,7-8,12-13,17,19H,3-6,9H2,1H3,(H,16,20)/t12-,13-. The number of carbonyl (C=O) groups is 1. The molecule has 1 amide bonds. The van der Waals surface area contributed by atoms with Gasteiger partial charge < -0.3 is 15.7 Å². The first kappa shape index (κ1) is 16.2. The summed E-state index contributed by atoms with van der Waals surface area (Å²) in [6.07, 6.45) is 3.38. The molecule has 120 valence electrons. The average molecular weight is 307 g/mol. The zero-order valence-corrected chi connectivity index (χ0v) is 12.5. The minimum atomic E-state index is -0.424. The molecule has 1 saturated carbocycles. The highest BCUT2D eigenvalue weighted by atomic mass is 16.6. The third-order valence-corrected chi connectivity index (χ3v) is 3.93. The molecule has 7 nitrogen and oxygen atoms in total. The maximum atomic E-state index is 11.1. The van der Waals surface area contributed by atoms with E-state index in [1.165, 1.54) is 13.0 Å². The fourth-order valence-corrected chi connectivity index (χ4v) is 2.85. The highest BCUT2D eigenvalue weighted by Crippen LogP contribution is 2.29. The van der Waals surface area contributed by atoms with Gasteiger partial charge in [-0.3, -0.25) is 14.9 Å². The third kappa shape index (κ3) is 4.17. The van der Waals surface area contributed by atoms with Crippen molar-refractivity contribution in [2.75, 3.05) is 5.32 Å². The lowest BCUT2D eigenvalue weighted by Gasteiger charge is -2.30. The van der Waals surface area contributed by atoms with Crippen molar-refractivity contribution in [1.29, 1.82) is 0 Å². The number of rotatable bonds is 5. The summed E-state index contributed by atoms with van der Waals surface area (Å²) in [6, 6.07) is 4.92. The number of nitro groups is 1. The number of carbonyl (C=O) groups excluding carboxylic acids is 1. The second kappa shape index (κ2) is 7.22. The Bertz CT molecular complexity index is 554. The number of aliphatic hydroxyl groups is 1. The van der Waals surface area contributed by atoms with Gasteiger partial charge in [-0.05, 0) is 43.4 Å². The molecule has 0 unspecified atom stereocenters. The second-order valence-electron chi connectivity index (χ2n) is 5.66. The first-order valence-electron chi connectivity index (χ1n) is 7.41. The van der Waals surface area contributed by atoms with E-state index < -0.39 is 4.92 Å². The summed E-state index contributed by atoms with van der Waals surface area (Å²) in [7, 11) is 0. The number of aliphatic hydroxyl groups excluding tert-OH is 1. The predicted molar refractivity (Wildman–Crippen MR) is 82.5 cm³/mol. The van der Waals surface area contributed by atoms with E-state index in [0.717, 1.165) is 25.7 Å². The Kier molecular flexibility index (Phi) is 5.32. The van der Waals surface area contributed by atoms with Crippen LogP contribution in [0.2, 0.25) is 0 Å². The van der Waals surface area contributed by atoms with Crippen LogP contribution in [-0.4, -0.2) is 28.0 Å². The van der Waals surface area contributed by atoms with Crippen LogP contribution in [0.25, 0.3) is 0 Å². The van der Waals surface area contributed by atoms with Gasteiger partial charge in [0.25, 0.3) is 5.69 Å². The molecule has 1 aliphatic carbocycles. The molecule has 0 atom stereocenters. The van der Waals surface area contributed by atoms with E-state index in [2.05, 4.69) is 10.6 Å². The highest BCUT2D eigenvalue weighted by molar-refractivity contribution is 5.73. The van der Waals surface area contributed by atoms with Gasteiger partial charge in [0.05, 0.1) is 11.5 Å². The van der Waals surface area contributed by atoms with Crippen molar-refractivity contribution in [2.45, 2.75) is 51.3 Å². The normalized spacial score (nSPS) is 21.2. The largest absolute Gasteiger partial charge is 0.392 e. The third-order valence-electron chi connectivity index (χ3n) is 3.93. The first-order valence-corrected chi connectivity index (χ1v) is 7.41. The zero-order valence-electron chi connectivity index (χ0n) is 12.5. The van der Waals surface area contributed by atoms with Crippen LogP contribution in [0.3, 0.4) is 0 Å². The van der Waals surface area contributed by atoms with Crippen molar-refractivity contribution in [2.24, 2.45) is 0 Å². The fourth-order valence-electron chi connectivity index (χ4n) is 2.85. The number of anilines is 1. The number of amides is 1. The molecular formula is C15H21N3O4. The van der Waals surface area contributed by atoms with Gasteiger partial charge >= 0.3 is 0 Å². The van der Waals surface area contributed by atoms with Crippen LogP contribution in [0.5, 0.6) is 0 Å². The number of hydrogen-bond acceptors (Lipinski definition) is 5. The molecule has 0 heterocycles. The smallest absolute Gasteiger partial charge is 0.292 e. The molecule has 1 fully saturated rings. The highest BCUT2D eigenvalue weighted by Gasteiger charge is 2.24. The summed E-state index contributed by atoms with van der Waals surface area (Å²) in [5, 5.41) is 26.4. The van der Waals surface area contributed by atoms with Crippen LogP contribution < -0.4 is 10.6 Å². The first-order chi connectivity index (χ1) is 10.5. The van der Waals surface area contributed by atoms with Crippen LogP contribution in [0.15, 0.2) is 18.2 Å². The van der Waals surface area contributed by atoms with Gasteiger partial charge in [-0.15, -0.1) is 0 Å². The van der Waals surface area contributed by atoms with E-state index in [1.807, 2.05) is 0 Å². The van der Waals surface area contributed by atoms with Crippen LogP contribution in [0, 0.1) is 10.1 Å². The molecule has 2 rings (SSSR count). The summed E-state index contributed by atoms with van der Waals surface area (Å²) in [5.74, 6) is -0.0253. The van der Waals surface area contributed by atoms with Crippen molar-refractivity contribution in [1.82, 2.24) is 5.32 Å². The molecule has 1 aliphatic rings. The van der Waals surface area contributed by atoms with Crippen LogP contribution in [0.1, 0.15) is 38.2 Å². The Morgan fingerprint density at radius 2 is 1.95 bits per heavy atom.